The molecule has 8 heteroatoms. The lowest BCUT2D eigenvalue weighted by atomic mass is 10.2. The molecule has 0 radical (unpaired) electrons. The predicted molar refractivity (Wildman–Crippen MR) is 118 cm³/mol. The van der Waals surface area contributed by atoms with E-state index in [1.165, 1.54) is 6.20 Å². The van der Waals surface area contributed by atoms with Crippen LogP contribution in [0, 0.1) is 0 Å². The smallest absolute Gasteiger partial charge is 0.274 e. The SMILES string of the molecule is Nc1ncccc1NCc1cccc(NC(=O)c2ccc(OCc3ccco3)cn2)c1. The minimum absolute atomic E-state index is 0.289. The number of furan rings is 1. The van der Waals surface area contributed by atoms with Crippen molar-refractivity contribution in [2.45, 2.75) is 13.2 Å². The van der Waals surface area contributed by atoms with Gasteiger partial charge in [-0.15, -0.1) is 0 Å². The number of carbonyl (C=O) groups excluding carboxylic acids is 1. The van der Waals surface area contributed by atoms with Gasteiger partial charge in [0.25, 0.3) is 5.91 Å². The number of nitrogens with zero attached hydrogens (tertiary/aromatic N) is 2. The van der Waals surface area contributed by atoms with Gasteiger partial charge in [-0.25, -0.2) is 9.97 Å². The van der Waals surface area contributed by atoms with E-state index in [1.54, 1.807) is 30.7 Å². The number of carbonyl (C=O) groups is 1. The molecule has 0 aliphatic heterocycles. The van der Waals surface area contributed by atoms with E-state index in [-0.39, 0.29) is 11.6 Å². The van der Waals surface area contributed by atoms with Crippen molar-refractivity contribution < 1.29 is 13.9 Å². The third kappa shape index (κ3) is 5.39. The fourth-order valence-corrected chi connectivity index (χ4v) is 2.87. The molecule has 3 aromatic heterocycles. The summed E-state index contributed by atoms with van der Waals surface area (Å²) in [5.74, 6) is 1.40. The van der Waals surface area contributed by atoms with Crippen LogP contribution in [-0.4, -0.2) is 15.9 Å². The molecule has 8 nitrogen and oxygen atoms in total. The summed E-state index contributed by atoms with van der Waals surface area (Å²) in [4.78, 5) is 20.8. The topological polar surface area (TPSA) is 115 Å². The molecular weight excluding hydrogens is 394 g/mol. The second-order valence-electron chi connectivity index (χ2n) is 6.69. The average molecular weight is 415 g/mol. The summed E-state index contributed by atoms with van der Waals surface area (Å²) < 4.78 is 10.8. The number of amides is 1. The van der Waals surface area contributed by atoms with Crippen LogP contribution in [0.1, 0.15) is 21.8 Å². The molecular formula is C23H21N5O3. The van der Waals surface area contributed by atoms with Crippen molar-refractivity contribution in [2.75, 3.05) is 16.4 Å². The quantitative estimate of drug-likeness (QED) is 0.397. The highest BCUT2D eigenvalue weighted by molar-refractivity contribution is 6.02. The molecule has 3 heterocycles. The van der Waals surface area contributed by atoms with Gasteiger partial charge in [-0.2, -0.15) is 0 Å². The standard InChI is InChI=1S/C23H21N5O3/c24-22-20(7-2-10-25-22)26-13-16-4-1-5-17(12-16)28-23(29)21-9-8-18(14-27-21)31-15-19-6-3-11-30-19/h1-12,14,26H,13,15H2,(H2,24,25)(H,28,29). The van der Waals surface area contributed by atoms with Gasteiger partial charge < -0.3 is 25.5 Å². The summed E-state index contributed by atoms with van der Waals surface area (Å²) in [5.41, 5.74) is 8.55. The summed E-state index contributed by atoms with van der Waals surface area (Å²) in [5, 5.41) is 6.10. The number of hydrogen-bond donors (Lipinski definition) is 3. The van der Waals surface area contributed by atoms with Crippen LogP contribution < -0.4 is 21.1 Å². The summed E-state index contributed by atoms with van der Waals surface area (Å²) in [6.45, 7) is 0.839. The van der Waals surface area contributed by atoms with E-state index < -0.39 is 0 Å². The highest BCUT2D eigenvalue weighted by Gasteiger charge is 2.09. The van der Waals surface area contributed by atoms with E-state index >= 15 is 0 Å². The number of rotatable bonds is 8. The molecule has 156 valence electrons. The molecule has 0 unspecified atom stereocenters. The van der Waals surface area contributed by atoms with Crippen LogP contribution in [0.2, 0.25) is 0 Å². The first-order chi connectivity index (χ1) is 15.2. The molecule has 0 aliphatic carbocycles. The Morgan fingerprint density at radius 1 is 1.06 bits per heavy atom. The first-order valence-electron chi connectivity index (χ1n) is 9.63. The Kier molecular flexibility index (Phi) is 6.08. The van der Waals surface area contributed by atoms with Gasteiger partial charge in [0, 0.05) is 18.4 Å². The van der Waals surface area contributed by atoms with Gasteiger partial charge in [0.2, 0.25) is 0 Å². The number of nitrogen functional groups attached to an aromatic ring is 1. The van der Waals surface area contributed by atoms with Crippen molar-refractivity contribution in [3.63, 3.8) is 0 Å². The molecule has 0 fully saturated rings. The number of ether oxygens (including phenoxy) is 1. The normalized spacial score (nSPS) is 10.5. The van der Waals surface area contributed by atoms with Crippen molar-refractivity contribution in [1.82, 2.24) is 9.97 Å². The highest BCUT2D eigenvalue weighted by atomic mass is 16.5. The van der Waals surface area contributed by atoms with Crippen LogP contribution in [0.25, 0.3) is 0 Å². The number of pyridine rings is 2. The third-order valence-corrected chi connectivity index (χ3v) is 4.44. The third-order valence-electron chi connectivity index (χ3n) is 4.44. The van der Waals surface area contributed by atoms with Crippen molar-refractivity contribution >= 4 is 23.1 Å². The maximum Gasteiger partial charge on any atom is 0.274 e. The molecule has 4 N–H and O–H groups in total. The van der Waals surface area contributed by atoms with E-state index in [0.717, 1.165) is 11.3 Å². The fraction of sp³-hybridized carbons (Fsp3) is 0.0870. The molecule has 1 amide bonds. The van der Waals surface area contributed by atoms with E-state index in [0.29, 0.717) is 36.2 Å². The molecule has 0 spiro atoms. The Morgan fingerprint density at radius 3 is 2.77 bits per heavy atom. The van der Waals surface area contributed by atoms with E-state index in [1.807, 2.05) is 42.5 Å². The number of nitrogens with one attached hydrogen (secondary N) is 2. The number of anilines is 3. The lowest BCUT2D eigenvalue weighted by molar-refractivity contribution is 0.102. The van der Waals surface area contributed by atoms with Gasteiger partial charge in [-0.1, -0.05) is 12.1 Å². The van der Waals surface area contributed by atoms with Gasteiger partial charge in [0.05, 0.1) is 18.1 Å². The number of aromatic nitrogens is 2. The molecule has 1 aromatic carbocycles. The van der Waals surface area contributed by atoms with Crippen LogP contribution >= 0.6 is 0 Å². The number of benzene rings is 1. The Labute approximate surface area is 179 Å². The molecule has 31 heavy (non-hydrogen) atoms. The number of nitrogens with two attached hydrogens (primary N) is 1. The monoisotopic (exact) mass is 415 g/mol. The van der Waals surface area contributed by atoms with E-state index in [4.69, 9.17) is 14.9 Å². The molecule has 4 aromatic rings. The second-order valence-corrected chi connectivity index (χ2v) is 6.69. The van der Waals surface area contributed by atoms with Gasteiger partial charge in [0.15, 0.2) is 0 Å². The zero-order valence-corrected chi connectivity index (χ0v) is 16.6. The Bertz CT molecular complexity index is 1140. The minimum atomic E-state index is -0.306. The van der Waals surface area contributed by atoms with E-state index in [2.05, 4.69) is 20.6 Å². The lowest BCUT2D eigenvalue weighted by Crippen LogP contribution is -2.14. The van der Waals surface area contributed by atoms with Gasteiger partial charge in [-0.3, -0.25) is 4.79 Å². The van der Waals surface area contributed by atoms with E-state index in [9.17, 15) is 4.79 Å². The largest absolute Gasteiger partial charge is 0.484 e. The van der Waals surface area contributed by atoms with Gasteiger partial charge in [0.1, 0.15) is 29.6 Å². The Morgan fingerprint density at radius 2 is 2.00 bits per heavy atom. The van der Waals surface area contributed by atoms with Crippen LogP contribution in [0.3, 0.4) is 0 Å². The van der Waals surface area contributed by atoms with Crippen LogP contribution in [-0.2, 0) is 13.2 Å². The highest BCUT2D eigenvalue weighted by Crippen LogP contribution is 2.18. The molecule has 0 aliphatic rings. The van der Waals surface area contributed by atoms with Crippen LogP contribution in [0.15, 0.2) is 83.7 Å². The summed E-state index contributed by atoms with van der Waals surface area (Å²) in [7, 11) is 0. The zero-order valence-electron chi connectivity index (χ0n) is 16.6. The summed E-state index contributed by atoms with van der Waals surface area (Å²) in [6, 6.07) is 18.1. The minimum Gasteiger partial charge on any atom is -0.484 e. The van der Waals surface area contributed by atoms with Crippen molar-refractivity contribution in [3.05, 3.63) is 96.3 Å². The van der Waals surface area contributed by atoms with Gasteiger partial charge in [-0.05, 0) is 54.1 Å². The van der Waals surface area contributed by atoms with Crippen molar-refractivity contribution in [2.24, 2.45) is 0 Å². The number of hydrogen-bond acceptors (Lipinski definition) is 7. The molecule has 0 saturated carbocycles. The van der Waals surface area contributed by atoms with Crippen molar-refractivity contribution in [1.29, 1.82) is 0 Å². The molecule has 0 saturated heterocycles. The first-order valence-corrected chi connectivity index (χ1v) is 9.63. The van der Waals surface area contributed by atoms with Crippen molar-refractivity contribution in [3.8, 4) is 5.75 Å². The summed E-state index contributed by atoms with van der Waals surface area (Å²) in [6.07, 6.45) is 4.74. The summed E-state index contributed by atoms with van der Waals surface area (Å²) >= 11 is 0. The first kappa shape index (κ1) is 20.0. The van der Waals surface area contributed by atoms with Gasteiger partial charge >= 0.3 is 0 Å². The second kappa shape index (κ2) is 9.45. The Hall–Kier alpha value is -4.33. The Balaban J connectivity index is 1.33. The molecule has 0 atom stereocenters. The maximum atomic E-state index is 12.5. The zero-order chi connectivity index (χ0) is 21.5. The lowest BCUT2D eigenvalue weighted by Gasteiger charge is -2.10. The fourth-order valence-electron chi connectivity index (χ4n) is 2.87. The van der Waals surface area contributed by atoms with Crippen LogP contribution in [0.4, 0.5) is 17.2 Å². The van der Waals surface area contributed by atoms with Crippen LogP contribution in [0.5, 0.6) is 5.75 Å². The molecule has 4 rings (SSSR count). The molecule has 0 bridgehead atoms. The predicted octanol–water partition coefficient (Wildman–Crippen LogP) is 4.10. The maximum absolute atomic E-state index is 12.5. The average Bonchev–Trinajstić information content (AvgIpc) is 3.31.